The van der Waals surface area contributed by atoms with E-state index in [2.05, 4.69) is 194 Å². The van der Waals surface area contributed by atoms with Crippen LogP contribution in [0.15, 0.2) is 243 Å². The van der Waals surface area contributed by atoms with Gasteiger partial charge >= 0.3 is 0 Å². The summed E-state index contributed by atoms with van der Waals surface area (Å²) in [6.45, 7) is 42.6. The van der Waals surface area contributed by atoms with Crippen LogP contribution in [-0.2, 0) is 0 Å². The van der Waals surface area contributed by atoms with Crippen LogP contribution in [0.1, 0.15) is 136 Å². The van der Waals surface area contributed by atoms with E-state index in [1.165, 1.54) is 76.5 Å². The Morgan fingerprint density at radius 2 is 0.684 bits per heavy atom. The third-order valence-electron chi connectivity index (χ3n) is 10.3. The lowest BCUT2D eigenvalue weighted by molar-refractivity contribution is 1.20. The molecule has 0 spiro atoms. The van der Waals surface area contributed by atoms with Crippen molar-refractivity contribution >= 4 is 43.1 Å². The molecule has 0 radical (unpaired) electrons. The van der Waals surface area contributed by atoms with Crippen molar-refractivity contribution < 1.29 is 0 Å². The second kappa shape index (κ2) is 52.3. The van der Waals surface area contributed by atoms with Crippen LogP contribution in [0.25, 0.3) is 43.1 Å². The predicted molar refractivity (Wildman–Crippen MR) is 361 cm³/mol. The van der Waals surface area contributed by atoms with Gasteiger partial charge in [-0.15, -0.1) is 0 Å². The first kappa shape index (κ1) is 75.5. The zero-order valence-corrected chi connectivity index (χ0v) is 52.9. The van der Waals surface area contributed by atoms with Crippen LogP contribution in [0.2, 0.25) is 0 Å². The van der Waals surface area contributed by atoms with Crippen molar-refractivity contribution in [3.05, 3.63) is 282 Å². The summed E-state index contributed by atoms with van der Waals surface area (Å²) in [6.07, 6.45) is 8.97. The number of aromatic nitrogens is 3. The molecule has 3 aromatic heterocycles. The van der Waals surface area contributed by atoms with Gasteiger partial charge in [-0.3, -0.25) is 15.0 Å². The second-order valence-electron chi connectivity index (χ2n) is 15.8. The molecular formula is C76H103N3. The van der Waals surface area contributed by atoms with Crippen LogP contribution in [0, 0.1) is 48.5 Å². The van der Waals surface area contributed by atoms with Crippen molar-refractivity contribution in [2.75, 3.05) is 0 Å². The van der Waals surface area contributed by atoms with Crippen molar-refractivity contribution in [3.63, 3.8) is 0 Å². The van der Waals surface area contributed by atoms with E-state index in [1.807, 2.05) is 185 Å². The van der Waals surface area contributed by atoms with E-state index in [-0.39, 0.29) is 0 Å². The van der Waals surface area contributed by atoms with E-state index >= 15 is 0 Å². The lowest BCUT2D eigenvalue weighted by Crippen LogP contribution is -1.81. The van der Waals surface area contributed by atoms with Gasteiger partial charge in [-0.05, 0) is 144 Å². The number of benzene rings is 8. The van der Waals surface area contributed by atoms with Gasteiger partial charge in [-0.1, -0.05) is 290 Å². The maximum atomic E-state index is 3.98. The van der Waals surface area contributed by atoms with Crippen LogP contribution >= 0.6 is 0 Å². The highest BCUT2D eigenvalue weighted by Crippen LogP contribution is 2.28. The minimum Gasteiger partial charge on any atom is -0.265 e. The number of aryl methyl sites for hydroxylation is 7. The van der Waals surface area contributed by atoms with Gasteiger partial charge in [0.05, 0.1) is 0 Å². The van der Waals surface area contributed by atoms with Crippen molar-refractivity contribution in [2.24, 2.45) is 0 Å². The lowest BCUT2D eigenvalue weighted by Gasteiger charge is -2.06. The summed E-state index contributed by atoms with van der Waals surface area (Å²) in [5, 5.41) is 10.7. The molecule has 422 valence electrons. The Bertz CT molecular complexity index is 2880. The molecule has 3 nitrogen and oxygen atoms in total. The minimum atomic E-state index is 1.07. The number of nitrogens with zero attached hydrogens (tertiary/aromatic N) is 3. The van der Waals surface area contributed by atoms with E-state index in [1.54, 1.807) is 24.8 Å². The van der Waals surface area contributed by atoms with Crippen molar-refractivity contribution in [2.45, 2.75) is 145 Å². The first-order valence-corrected chi connectivity index (χ1v) is 29.1. The highest BCUT2D eigenvalue weighted by molar-refractivity contribution is 6.08. The number of hydrogen-bond donors (Lipinski definition) is 0. The Kier molecular flexibility index (Phi) is 50.0. The fraction of sp³-hybridized carbons (Fsp3) is 0.276. The summed E-state index contributed by atoms with van der Waals surface area (Å²) in [4.78, 5) is 11.7. The maximum absolute atomic E-state index is 3.98. The fourth-order valence-corrected chi connectivity index (χ4v) is 6.79. The van der Waals surface area contributed by atoms with Gasteiger partial charge in [0.25, 0.3) is 0 Å². The van der Waals surface area contributed by atoms with Crippen LogP contribution < -0.4 is 0 Å². The summed E-state index contributed by atoms with van der Waals surface area (Å²) in [5.41, 5.74) is 8.89. The van der Waals surface area contributed by atoms with Gasteiger partial charge in [0.2, 0.25) is 0 Å². The van der Waals surface area contributed by atoms with Gasteiger partial charge in [0.1, 0.15) is 0 Å². The summed E-state index contributed by atoms with van der Waals surface area (Å²) in [5.74, 6) is 0. The number of hydrogen-bond acceptors (Lipinski definition) is 3. The Morgan fingerprint density at radius 3 is 1.13 bits per heavy atom. The van der Waals surface area contributed by atoms with Crippen LogP contribution in [0.4, 0.5) is 0 Å². The van der Waals surface area contributed by atoms with Gasteiger partial charge in [0.15, 0.2) is 0 Å². The molecular weight excluding hydrogens is 955 g/mol. The van der Waals surface area contributed by atoms with Crippen molar-refractivity contribution in [3.8, 4) is 0 Å². The van der Waals surface area contributed by atoms with Gasteiger partial charge < -0.3 is 0 Å². The Hall–Kier alpha value is -7.75. The standard InChI is InChI=1S/C15H12.2C11H10.C7H8.3C6H7N.7C2H6/c1-11-10-12-6-2-3-8-14(12)15-9-5-4-7-13(11)15;1-9-5-4-7-10-6-2-3-8-11(9)10;1-9-6-7-10-4-2-3-5-11(10)8-9;1-7-5-3-2-4-6-7;1-6-2-4-7-5-3-6;1-6-3-2-4-7-5-6;1-6-4-2-3-5-7-6;7*1-2/h2-10H,1H3;2*2-8H,1H3;2-6H,1H3;3*2-5H,1H3;7*1-2H3. The van der Waals surface area contributed by atoms with Crippen LogP contribution in [0.5, 0.6) is 0 Å². The molecule has 0 aliphatic carbocycles. The quantitative estimate of drug-likeness (QED) is 0.142. The van der Waals surface area contributed by atoms with E-state index in [0.29, 0.717) is 0 Å². The molecule has 0 unspecified atom stereocenters. The molecule has 8 aromatic carbocycles. The summed E-state index contributed by atoms with van der Waals surface area (Å²) in [6, 6.07) is 73.2. The first-order chi connectivity index (χ1) is 38.7. The molecule has 0 saturated carbocycles. The van der Waals surface area contributed by atoms with Gasteiger partial charge in [-0.25, -0.2) is 0 Å². The third-order valence-corrected chi connectivity index (χ3v) is 10.3. The lowest BCUT2D eigenvalue weighted by atomic mass is 9.98. The smallest absolute Gasteiger partial charge is 0.0372 e. The molecule has 11 rings (SSSR count). The largest absolute Gasteiger partial charge is 0.265 e. The topological polar surface area (TPSA) is 38.7 Å². The monoisotopic (exact) mass is 1060 g/mol. The highest BCUT2D eigenvalue weighted by atomic mass is 14.6. The molecule has 79 heavy (non-hydrogen) atoms. The van der Waals surface area contributed by atoms with Crippen molar-refractivity contribution in [1.29, 1.82) is 0 Å². The Morgan fingerprint density at radius 1 is 0.228 bits per heavy atom. The second-order valence-corrected chi connectivity index (χ2v) is 15.8. The van der Waals surface area contributed by atoms with Gasteiger partial charge in [-0.2, -0.15) is 0 Å². The van der Waals surface area contributed by atoms with Crippen LogP contribution in [-0.4, -0.2) is 15.0 Å². The zero-order chi connectivity index (χ0) is 60.1. The molecule has 0 bridgehead atoms. The first-order valence-electron chi connectivity index (χ1n) is 29.1. The SMILES string of the molecule is CC.CC.CC.CC.CC.CC.CC.Cc1cc2ccccc2c2ccccc12.Cc1ccc2ccccc2c1.Cc1cccc2ccccc12.Cc1ccccc1.Cc1ccccn1.Cc1cccnc1.Cc1ccncc1. The normalized spacial score (nSPS) is 8.57. The van der Waals surface area contributed by atoms with Crippen LogP contribution in [0.3, 0.4) is 0 Å². The molecule has 0 aliphatic heterocycles. The molecule has 3 heterocycles. The number of rotatable bonds is 0. The molecule has 0 atom stereocenters. The highest BCUT2D eigenvalue weighted by Gasteiger charge is 2.02. The molecule has 0 aliphatic rings. The summed E-state index contributed by atoms with van der Waals surface area (Å²) >= 11 is 0. The van der Waals surface area contributed by atoms with E-state index in [4.69, 9.17) is 0 Å². The fourth-order valence-electron chi connectivity index (χ4n) is 6.79. The Balaban J connectivity index is -0.000000835. The average molecular weight is 1060 g/mol. The summed E-state index contributed by atoms with van der Waals surface area (Å²) < 4.78 is 0. The molecule has 0 fully saturated rings. The number of fused-ring (bicyclic) bond motifs is 5. The third kappa shape index (κ3) is 33.2. The molecule has 0 N–H and O–H groups in total. The predicted octanol–water partition coefficient (Wildman–Crippen LogP) is 23.9. The van der Waals surface area contributed by atoms with Gasteiger partial charge in [0, 0.05) is 36.7 Å². The number of pyridine rings is 3. The minimum absolute atomic E-state index is 1.07. The molecule has 3 heteroatoms. The molecule has 11 aromatic rings. The van der Waals surface area contributed by atoms with Crippen molar-refractivity contribution in [1.82, 2.24) is 15.0 Å². The average Bonchev–Trinajstić information content (AvgIpc) is 3.55. The van der Waals surface area contributed by atoms with E-state index in [0.717, 1.165) is 5.69 Å². The summed E-state index contributed by atoms with van der Waals surface area (Å²) in [7, 11) is 0. The van der Waals surface area contributed by atoms with E-state index < -0.39 is 0 Å². The maximum Gasteiger partial charge on any atom is 0.0372 e. The zero-order valence-electron chi connectivity index (χ0n) is 52.9. The Labute approximate surface area is 483 Å². The van der Waals surface area contributed by atoms with E-state index in [9.17, 15) is 0 Å². The molecule has 0 saturated heterocycles. The molecule has 0 amide bonds.